The quantitative estimate of drug-likeness (QED) is 0.834. The number of likely N-dealkylation sites (tertiary alicyclic amines) is 1. The number of carbonyl (C=O) groups is 2. The number of piperidine rings is 1. The molecule has 0 aromatic carbocycles. The van der Waals surface area contributed by atoms with Gasteiger partial charge in [0.05, 0.1) is 18.2 Å². The third-order valence-electron chi connectivity index (χ3n) is 5.46. The van der Waals surface area contributed by atoms with Crippen molar-refractivity contribution in [1.29, 1.82) is 0 Å². The minimum Gasteiger partial charge on any atom is -0.342 e. The molecule has 26 heavy (non-hydrogen) atoms. The highest BCUT2D eigenvalue weighted by Crippen LogP contribution is 2.38. The summed E-state index contributed by atoms with van der Waals surface area (Å²) in [6.45, 7) is 6.63. The number of nitrogens with one attached hydrogen (secondary N) is 1. The van der Waals surface area contributed by atoms with Gasteiger partial charge in [-0.2, -0.15) is 5.10 Å². The van der Waals surface area contributed by atoms with Crippen LogP contribution in [0.4, 0.5) is 5.82 Å². The van der Waals surface area contributed by atoms with Crippen molar-refractivity contribution in [3.63, 3.8) is 0 Å². The average molecular weight is 359 g/mol. The molecule has 1 aromatic rings. The first-order chi connectivity index (χ1) is 12.4. The number of nitrogens with zero attached hydrogens (tertiary/aromatic N) is 4. The first-order valence-electron chi connectivity index (χ1n) is 9.37. The van der Waals surface area contributed by atoms with E-state index in [0.29, 0.717) is 13.1 Å². The van der Waals surface area contributed by atoms with Gasteiger partial charge in [-0.15, -0.1) is 0 Å². The molecule has 142 valence electrons. The van der Waals surface area contributed by atoms with Crippen molar-refractivity contribution in [3.05, 3.63) is 24.4 Å². The maximum Gasteiger partial charge on any atom is 0.239 e. The highest BCUT2D eigenvalue weighted by molar-refractivity contribution is 5.91. The molecular weight excluding hydrogens is 330 g/mol. The van der Waals surface area contributed by atoms with Crippen LogP contribution in [-0.4, -0.2) is 64.6 Å². The van der Waals surface area contributed by atoms with E-state index < -0.39 is 0 Å². The number of hydrogen-bond acceptors (Lipinski definition) is 4. The lowest BCUT2D eigenvalue weighted by atomic mass is 9.74. The molecule has 1 saturated heterocycles. The Morgan fingerprint density at radius 1 is 1.31 bits per heavy atom. The number of hydrogen-bond donors (Lipinski definition) is 1. The fourth-order valence-corrected chi connectivity index (χ4v) is 3.88. The number of carbonyl (C=O) groups excluding carboxylic acids is 2. The van der Waals surface area contributed by atoms with E-state index in [2.05, 4.69) is 27.5 Å². The lowest BCUT2D eigenvalue weighted by Gasteiger charge is -2.41. The second-order valence-corrected chi connectivity index (χ2v) is 7.72. The summed E-state index contributed by atoms with van der Waals surface area (Å²) in [6, 6.07) is 2.01. The van der Waals surface area contributed by atoms with Crippen molar-refractivity contribution < 1.29 is 9.59 Å². The highest BCUT2D eigenvalue weighted by Gasteiger charge is 2.42. The SMILES string of the molecule is CC(C)n1nccc1NC(=O)CN1CCC2(CC=CCN(C)C2=O)CC1. The van der Waals surface area contributed by atoms with Gasteiger partial charge in [0.25, 0.3) is 0 Å². The van der Waals surface area contributed by atoms with E-state index in [1.165, 1.54) is 0 Å². The molecule has 3 heterocycles. The third-order valence-corrected chi connectivity index (χ3v) is 5.46. The largest absolute Gasteiger partial charge is 0.342 e. The number of rotatable bonds is 4. The Bertz CT molecular complexity index is 686. The van der Waals surface area contributed by atoms with Crippen LogP contribution in [0.5, 0.6) is 0 Å². The number of likely N-dealkylation sites (N-methyl/N-ethyl adjacent to an activating group) is 1. The molecule has 0 aliphatic carbocycles. The van der Waals surface area contributed by atoms with Crippen LogP contribution in [0.25, 0.3) is 0 Å². The summed E-state index contributed by atoms with van der Waals surface area (Å²) < 4.78 is 1.80. The molecule has 2 amide bonds. The van der Waals surface area contributed by atoms with Gasteiger partial charge in [-0.3, -0.25) is 14.5 Å². The van der Waals surface area contributed by atoms with Crippen LogP contribution >= 0.6 is 0 Å². The minimum absolute atomic E-state index is 0.0347. The molecule has 7 heteroatoms. The molecule has 0 bridgehead atoms. The van der Waals surface area contributed by atoms with E-state index in [4.69, 9.17) is 0 Å². The summed E-state index contributed by atoms with van der Waals surface area (Å²) in [5.41, 5.74) is -0.287. The van der Waals surface area contributed by atoms with Gasteiger partial charge >= 0.3 is 0 Å². The molecule has 1 spiro atoms. The molecule has 2 aliphatic heterocycles. The van der Waals surface area contributed by atoms with Gasteiger partial charge in [-0.25, -0.2) is 4.68 Å². The molecule has 3 rings (SSSR count). The molecule has 7 nitrogen and oxygen atoms in total. The monoisotopic (exact) mass is 359 g/mol. The van der Waals surface area contributed by atoms with Gasteiger partial charge in [0, 0.05) is 25.7 Å². The standard InChI is InChI=1S/C19H29N5O2/c1-15(2)24-16(6-10-20-24)21-17(25)14-23-12-8-19(9-13-23)7-4-5-11-22(3)18(19)26/h4-6,10,15H,7-9,11-14H2,1-3H3,(H,21,25). The van der Waals surface area contributed by atoms with Gasteiger partial charge in [-0.05, 0) is 46.2 Å². The predicted molar refractivity (Wildman–Crippen MR) is 101 cm³/mol. The van der Waals surface area contributed by atoms with Crippen molar-refractivity contribution in [2.75, 3.05) is 38.5 Å². The Balaban J connectivity index is 1.55. The molecule has 0 atom stereocenters. The lowest BCUT2D eigenvalue weighted by Crippen LogP contribution is -2.49. The van der Waals surface area contributed by atoms with Crippen LogP contribution in [0.3, 0.4) is 0 Å². The van der Waals surface area contributed by atoms with E-state index in [1.807, 2.05) is 31.9 Å². The average Bonchev–Trinajstić information content (AvgIpc) is 3.02. The molecule has 0 radical (unpaired) electrons. The number of anilines is 1. The summed E-state index contributed by atoms with van der Waals surface area (Å²) in [7, 11) is 1.87. The maximum absolute atomic E-state index is 12.7. The number of allylic oxidation sites excluding steroid dienone is 1. The van der Waals surface area contributed by atoms with Gasteiger partial charge in [0.1, 0.15) is 5.82 Å². The van der Waals surface area contributed by atoms with Crippen molar-refractivity contribution in [1.82, 2.24) is 19.6 Å². The van der Waals surface area contributed by atoms with Crippen LogP contribution in [-0.2, 0) is 9.59 Å². The summed E-state index contributed by atoms with van der Waals surface area (Å²) in [6.07, 6.45) is 8.32. The van der Waals surface area contributed by atoms with Crippen molar-refractivity contribution >= 4 is 17.6 Å². The van der Waals surface area contributed by atoms with Crippen LogP contribution in [0.15, 0.2) is 24.4 Å². The second-order valence-electron chi connectivity index (χ2n) is 7.72. The fourth-order valence-electron chi connectivity index (χ4n) is 3.88. The van der Waals surface area contributed by atoms with Crippen LogP contribution < -0.4 is 5.32 Å². The number of aromatic nitrogens is 2. The molecule has 0 unspecified atom stereocenters. The van der Waals surface area contributed by atoms with Crippen molar-refractivity contribution in [2.24, 2.45) is 5.41 Å². The van der Waals surface area contributed by atoms with Gasteiger partial charge in [0.2, 0.25) is 11.8 Å². The minimum atomic E-state index is -0.287. The van der Waals surface area contributed by atoms with E-state index in [1.54, 1.807) is 10.9 Å². The maximum atomic E-state index is 12.7. The molecule has 1 fully saturated rings. The summed E-state index contributed by atoms with van der Waals surface area (Å²) >= 11 is 0. The van der Waals surface area contributed by atoms with E-state index in [-0.39, 0.29) is 23.3 Å². The Labute approximate surface area is 155 Å². The van der Waals surface area contributed by atoms with Gasteiger partial charge in [-0.1, -0.05) is 12.2 Å². The van der Waals surface area contributed by atoms with Crippen molar-refractivity contribution in [2.45, 2.75) is 39.2 Å². The molecule has 0 saturated carbocycles. The molecular formula is C19H29N5O2. The third kappa shape index (κ3) is 3.82. The van der Waals surface area contributed by atoms with E-state index >= 15 is 0 Å². The molecule has 1 aromatic heterocycles. The van der Waals surface area contributed by atoms with Crippen LogP contribution in [0.1, 0.15) is 39.2 Å². The topological polar surface area (TPSA) is 70.5 Å². The number of amides is 2. The zero-order valence-corrected chi connectivity index (χ0v) is 15.9. The zero-order chi connectivity index (χ0) is 18.7. The fraction of sp³-hybridized carbons (Fsp3) is 0.632. The smallest absolute Gasteiger partial charge is 0.239 e. The molecule has 2 aliphatic rings. The summed E-state index contributed by atoms with van der Waals surface area (Å²) in [5, 5.41) is 7.19. The predicted octanol–water partition coefficient (Wildman–Crippen LogP) is 1.90. The van der Waals surface area contributed by atoms with Gasteiger partial charge < -0.3 is 10.2 Å². The van der Waals surface area contributed by atoms with E-state index in [0.717, 1.165) is 38.2 Å². The molecule has 1 N–H and O–H groups in total. The van der Waals surface area contributed by atoms with Crippen LogP contribution in [0.2, 0.25) is 0 Å². The zero-order valence-electron chi connectivity index (χ0n) is 15.9. The normalized spacial score (nSPS) is 20.6. The summed E-state index contributed by atoms with van der Waals surface area (Å²) in [4.78, 5) is 29.1. The van der Waals surface area contributed by atoms with Crippen molar-refractivity contribution in [3.8, 4) is 0 Å². The van der Waals surface area contributed by atoms with Crippen LogP contribution in [0, 0.1) is 5.41 Å². The van der Waals surface area contributed by atoms with Gasteiger partial charge in [0.15, 0.2) is 0 Å². The Hall–Kier alpha value is -2.15. The Kier molecular flexibility index (Phi) is 5.46. The second kappa shape index (κ2) is 7.61. The van der Waals surface area contributed by atoms with E-state index in [9.17, 15) is 9.59 Å². The lowest BCUT2D eigenvalue weighted by molar-refractivity contribution is -0.142. The Morgan fingerprint density at radius 2 is 2.04 bits per heavy atom. The first kappa shape index (κ1) is 18.6. The first-order valence-corrected chi connectivity index (χ1v) is 9.37. The highest BCUT2D eigenvalue weighted by atomic mass is 16.2. The Morgan fingerprint density at radius 3 is 2.73 bits per heavy atom. The summed E-state index contributed by atoms with van der Waals surface area (Å²) in [5.74, 6) is 0.934.